The predicted octanol–water partition coefficient (Wildman–Crippen LogP) is 1.45. The summed E-state index contributed by atoms with van der Waals surface area (Å²) in [6, 6.07) is 0.276. The average Bonchev–Trinajstić information content (AvgIpc) is 2.91. The Kier molecular flexibility index (Phi) is 11.6. The Labute approximate surface area is 151 Å². The number of ether oxygens (including phenoxy) is 1. The zero-order chi connectivity index (χ0) is 15.7. The van der Waals surface area contributed by atoms with Crippen LogP contribution in [0.15, 0.2) is 4.99 Å². The van der Waals surface area contributed by atoms with Crippen molar-refractivity contribution in [2.24, 2.45) is 10.9 Å². The van der Waals surface area contributed by atoms with Crippen molar-refractivity contribution in [3.05, 3.63) is 0 Å². The Morgan fingerprint density at radius 3 is 2.73 bits per heavy atom. The monoisotopic (exact) mass is 426 g/mol. The molecule has 0 aromatic heterocycles. The first-order valence-electron chi connectivity index (χ1n) is 7.99. The molecule has 0 aromatic rings. The van der Waals surface area contributed by atoms with Crippen LogP contribution >= 0.6 is 24.0 Å². The van der Waals surface area contributed by atoms with Gasteiger partial charge >= 0.3 is 0 Å². The summed E-state index contributed by atoms with van der Waals surface area (Å²) in [6.07, 6.45) is 0.967. The number of amides is 1. The van der Waals surface area contributed by atoms with E-state index in [1.807, 2.05) is 32.6 Å². The summed E-state index contributed by atoms with van der Waals surface area (Å²) in [5.74, 6) is 1.11. The molecule has 2 N–H and O–H groups in total. The Hall–Kier alpha value is -0.570. The summed E-state index contributed by atoms with van der Waals surface area (Å²) in [5, 5.41) is 6.64. The number of halogens is 1. The van der Waals surface area contributed by atoms with Gasteiger partial charge < -0.3 is 20.3 Å². The van der Waals surface area contributed by atoms with Crippen LogP contribution in [0.5, 0.6) is 0 Å². The van der Waals surface area contributed by atoms with Gasteiger partial charge in [-0.2, -0.15) is 0 Å². The van der Waals surface area contributed by atoms with Crippen LogP contribution in [-0.2, 0) is 9.53 Å². The molecule has 1 atom stereocenters. The molecular formula is C15H31IN4O2. The van der Waals surface area contributed by atoms with E-state index in [4.69, 9.17) is 4.74 Å². The van der Waals surface area contributed by atoms with Crippen LogP contribution in [0.25, 0.3) is 0 Å². The summed E-state index contributed by atoms with van der Waals surface area (Å²) in [4.78, 5) is 18.4. The fraction of sp³-hybridized carbons (Fsp3) is 0.867. The van der Waals surface area contributed by atoms with Gasteiger partial charge in [0.1, 0.15) is 0 Å². The van der Waals surface area contributed by atoms with Crippen molar-refractivity contribution in [1.82, 2.24) is 15.5 Å². The normalized spacial score (nSPS) is 18.3. The molecule has 1 fully saturated rings. The van der Waals surface area contributed by atoms with Gasteiger partial charge in [0.25, 0.3) is 0 Å². The molecule has 0 bridgehead atoms. The van der Waals surface area contributed by atoms with E-state index < -0.39 is 0 Å². The number of guanidine groups is 1. The molecule has 130 valence electrons. The van der Waals surface area contributed by atoms with Gasteiger partial charge in [-0.15, -0.1) is 24.0 Å². The highest BCUT2D eigenvalue weighted by molar-refractivity contribution is 14.0. The van der Waals surface area contributed by atoms with Gasteiger partial charge in [0.05, 0.1) is 13.2 Å². The minimum Gasteiger partial charge on any atom is -0.380 e. The molecule has 1 unspecified atom stereocenters. The van der Waals surface area contributed by atoms with Crippen LogP contribution in [0.4, 0.5) is 0 Å². The topological polar surface area (TPSA) is 66.0 Å². The summed E-state index contributed by atoms with van der Waals surface area (Å²) in [7, 11) is 0. The molecule has 0 saturated carbocycles. The van der Waals surface area contributed by atoms with E-state index in [2.05, 4.69) is 15.6 Å². The van der Waals surface area contributed by atoms with Crippen molar-refractivity contribution in [3.63, 3.8) is 0 Å². The van der Waals surface area contributed by atoms with Crippen molar-refractivity contribution >= 4 is 35.8 Å². The standard InChI is InChI=1S/C15H30N4O2.HI/c1-5-16-15(17-8-10-21-6-2)18-13-7-9-19(11-13)14(20)12(3)4;/h12-13H,5-11H2,1-4H3,(H2,16,17,18);1H. The first-order chi connectivity index (χ1) is 10.1. The minimum absolute atomic E-state index is 0. The maximum atomic E-state index is 12.0. The molecule has 0 aromatic carbocycles. The maximum Gasteiger partial charge on any atom is 0.225 e. The molecule has 0 aliphatic carbocycles. The van der Waals surface area contributed by atoms with Gasteiger partial charge in [0, 0.05) is 38.2 Å². The SMILES string of the molecule is CCNC(=NCCOCC)NC1CCN(C(=O)C(C)C)C1.I. The first-order valence-corrected chi connectivity index (χ1v) is 7.99. The van der Waals surface area contributed by atoms with Gasteiger partial charge in [-0.25, -0.2) is 0 Å². The third-order valence-electron chi connectivity index (χ3n) is 3.39. The Bertz CT molecular complexity index is 350. The van der Waals surface area contributed by atoms with Crippen LogP contribution in [0, 0.1) is 5.92 Å². The number of hydrogen-bond acceptors (Lipinski definition) is 3. The predicted molar refractivity (Wildman–Crippen MR) is 101 cm³/mol. The highest BCUT2D eigenvalue weighted by Crippen LogP contribution is 2.12. The molecule has 0 spiro atoms. The molecular weight excluding hydrogens is 395 g/mol. The van der Waals surface area contributed by atoms with Gasteiger partial charge in [-0.05, 0) is 20.3 Å². The lowest BCUT2D eigenvalue weighted by Crippen LogP contribution is -2.45. The third kappa shape index (κ3) is 7.62. The molecule has 7 heteroatoms. The van der Waals surface area contributed by atoms with E-state index in [1.165, 1.54) is 0 Å². The van der Waals surface area contributed by atoms with E-state index in [1.54, 1.807) is 0 Å². The largest absolute Gasteiger partial charge is 0.380 e. The number of aliphatic imine (C=N–C) groups is 1. The maximum absolute atomic E-state index is 12.0. The average molecular weight is 426 g/mol. The quantitative estimate of drug-likeness (QED) is 0.280. The smallest absolute Gasteiger partial charge is 0.225 e. The molecule has 1 saturated heterocycles. The highest BCUT2D eigenvalue weighted by atomic mass is 127. The number of hydrogen-bond donors (Lipinski definition) is 2. The molecule has 22 heavy (non-hydrogen) atoms. The summed E-state index contributed by atoms with van der Waals surface area (Å²) < 4.78 is 5.29. The fourth-order valence-electron chi connectivity index (χ4n) is 2.32. The van der Waals surface area contributed by atoms with E-state index in [9.17, 15) is 4.79 Å². The highest BCUT2D eigenvalue weighted by Gasteiger charge is 2.27. The number of carbonyl (C=O) groups is 1. The number of likely N-dealkylation sites (tertiary alicyclic amines) is 1. The van der Waals surface area contributed by atoms with Crippen molar-refractivity contribution < 1.29 is 9.53 Å². The minimum atomic E-state index is 0. The summed E-state index contributed by atoms with van der Waals surface area (Å²) >= 11 is 0. The number of nitrogens with one attached hydrogen (secondary N) is 2. The number of nitrogens with zero attached hydrogens (tertiary/aromatic N) is 2. The molecule has 1 aliphatic heterocycles. The second kappa shape index (κ2) is 11.9. The van der Waals surface area contributed by atoms with Gasteiger partial charge in [0.15, 0.2) is 5.96 Å². The lowest BCUT2D eigenvalue weighted by atomic mass is 10.2. The van der Waals surface area contributed by atoms with Gasteiger partial charge in [0.2, 0.25) is 5.91 Å². The Balaban J connectivity index is 0.00000441. The van der Waals surface area contributed by atoms with E-state index in [0.717, 1.165) is 32.0 Å². The van der Waals surface area contributed by atoms with Crippen LogP contribution in [0.1, 0.15) is 34.1 Å². The van der Waals surface area contributed by atoms with Gasteiger partial charge in [-0.1, -0.05) is 13.8 Å². The van der Waals surface area contributed by atoms with Crippen LogP contribution in [-0.4, -0.2) is 62.2 Å². The molecule has 1 rings (SSSR count). The molecule has 6 nitrogen and oxygen atoms in total. The molecule has 1 heterocycles. The number of rotatable bonds is 7. The van der Waals surface area contributed by atoms with Crippen molar-refractivity contribution in [2.75, 3.05) is 39.4 Å². The molecule has 1 aliphatic rings. The lowest BCUT2D eigenvalue weighted by Gasteiger charge is -2.20. The molecule has 0 radical (unpaired) electrons. The van der Waals surface area contributed by atoms with Gasteiger partial charge in [-0.3, -0.25) is 9.79 Å². The van der Waals surface area contributed by atoms with Crippen LogP contribution in [0.3, 0.4) is 0 Å². The van der Waals surface area contributed by atoms with Crippen molar-refractivity contribution in [3.8, 4) is 0 Å². The van der Waals surface area contributed by atoms with E-state index in [-0.39, 0.29) is 41.8 Å². The van der Waals surface area contributed by atoms with Crippen LogP contribution < -0.4 is 10.6 Å². The molecule has 1 amide bonds. The van der Waals surface area contributed by atoms with E-state index >= 15 is 0 Å². The Morgan fingerprint density at radius 1 is 1.41 bits per heavy atom. The van der Waals surface area contributed by atoms with E-state index in [0.29, 0.717) is 19.8 Å². The fourth-order valence-corrected chi connectivity index (χ4v) is 2.32. The second-order valence-corrected chi connectivity index (χ2v) is 5.53. The first kappa shape index (κ1) is 21.4. The summed E-state index contributed by atoms with van der Waals surface area (Å²) in [5.41, 5.74) is 0. The number of carbonyl (C=O) groups excluding carboxylic acids is 1. The second-order valence-electron chi connectivity index (χ2n) is 5.53. The van der Waals surface area contributed by atoms with Crippen LogP contribution in [0.2, 0.25) is 0 Å². The zero-order valence-electron chi connectivity index (χ0n) is 14.2. The Morgan fingerprint density at radius 2 is 2.14 bits per heavy atom. The third-order valence-corrected chi connectivity index (χ3v) is 3.39. The zero-order valence-corrected chi connectivity index (χ0v) is 16.6. The van der Waals surface area contributed by atoms with Crippen molar-refractivity contribution in [1.29, 1.82) is 0 Å². The van der Waals surface area contributed by atoms with Crippen molar-refractivity contribution in [2.45, 2.75) is 40.2 Å². The summed E-state index contributed by atoms with van der Waals surface area (Å²) in [6.45, 7) is 12.3. The lowest BCUT2D eigenvalue weighted by molar-refractivity contribution is -0.133.